The van der Waals surface area contributed by atoms with Crippen molar-refractivity contribution in [3.8, 4) is 0 Å². The van der Waals surface area contributed by atoms with Crippen molar-refractivity contribution in [3.05, 3.63) is 11.6 Å². The van der Waals surface area contributed by atoms with Crippen LogP contribution in [0.15, 0.2) is 0 Å². The van der Waals surface area contributed by atoms with Crippen LogP contribution in [0.25, 0.3) is 0 Å². The summed E-state index contributed by atoms with van der Waals surface area (Å²) in [6.07, 6.45) is 6.04. The van der Waals surface area contributed by atoms with Crippen LogP contribution in [0.5, 0.6) is 0 Å². The highest BCUT2D eigenvalue weighted by Gasteiger charge is 2.28. The summed E-state index contributed by atoms with van der Waals surface area (Å²) in [4.78, 5) is 7.29. The van der Waals surface area contributed by atoms with E-state index >= 15 is 0 Å². The molecule has 2 saturated heterocycles. The lowest BCUT2D eigenvalue weighted by molar-refractivity contribution is 0.192. The van der Waals surface area contributed by atoms with Crippen LogP contribution in [0.1, 0.15) is 55.7 Å². The lowest BCUT2D eigenvalue weighted by Crippen LogP contribution is -2.33. The molecule has 1 atom stereocenters. The quantitative estimate of drug-likeness (QED) is 0.889. The van der Waals surface area contributed by atoms with E-state index in [1.165, 1.54) is 25.7 Å². The standard InChI is InChI=1S/C16H27N5O/c1-20-7-4-14(5-8-20)21-15(10-17-13-2-3-13)18-16(19-21)12-6-9-22-11-12/h12-14,17H,2-11H2,1H3/t12-/m0/s1. The predicted molar refractivity (Wildman–Crippen MR) is 83.8 cm³/mol. The fraction of sp³-hybridized carbons (Fsp3) is 0.875. The summed E-state index contributed by atoms with van der Waals surface area (Å²) in [5, 5.41) is 8.51. The molecular weight excluding hydrogens is 278 g/mol. The second-order valence-corrected chi connectivity index (χ2v) is 7.08. The third-order valence-electron chi connectivity index (χ3n) is 5.17. The highest BCUT2D eigenvalue weighted by molar-refractivity contribution is 5.03. The molecule has 0 spiro atoms. The van der Waals surface area contributed by atoms with E-state index in [0.29, 0.717) is 18.0 Å². The maximum absolute atomic E-state index is 5.52. The van der Waals surface area contributed by atoms with E-state index in [2.05, 4.69) is 21.9 Å². The van der Waals surface area contributed by atoms with Crippen molar-refractivity contribution in [2.75, 3.05) is 33.4 Å². The molecule has 0 aromatic carbocycles. The Morgan fingerprint density at radius 1 is 1.18 bits per heavy atom. The number of nitrogens with one attached hydrogen (secondary N) is 1. The molecule has 3 aliphatic rings. The van der Waals surface area contributed by atoms with Gasteiger partial charge < -0.3 is 15.0 Å². The maximum atomic E-state index is 5.52. The van der Waals surface area contributed by atoms with Gasteiger partial charge in [0, 0.05) is 18.6 Å². The van der Waals surface area contributed by atoms with Crippen LogP contribution in [0.4, 0.5) is 0 Å². The van der Waals surface area contributed by atoms with Gasteiger partial charge in [-0.2, -0.15) is 5.10 Å². The minimum absolute atomic E-state index is 0.396. The van der Waals surface area contributed by atoms with Crippen molar-refractivity contribution >= 4 is 0 Å². The van der Waals surface area contributed by atoms with Gasteiger partial charge in [0.25, 0.3) is 0 Å². The zero-order valence-corrected chi connectivity index (χ0v) is 13.5. The molecule has 1 N–H and O–H groups in total. The summed E-state index contributed by atoms with van der Waals surface area (Å²) >= 11 is 0. The number of hydrogen-bond donors (Lipinski definition) is 1. The summed E-state index contributed by atoms with van der Waals surface area (Å²) < 4.78 is 7.75. The Balaban J connectivity index is 1.52. The third-order valence-corrected chi connectivity index (χ3v) is 5.17. The summed E-state index contributed by atoms with van der Waals surface area (Å²) in [6, 6.07) is 1.22. The molecule has 0 amide bonds. The highest BCUT2D eigenvalue weighted by Crippen LogP contribution is 2.27. The first-order valence-corrected chi connectivity index (χ1v) is 8.74. The number of aromatic nitrogens is 3. The molecule has 0 radical (unpaired) electrons. The molecule has 1 saturated carbocycles. The van der Waals surface area contributed by atoms with Gasteiger partial charge in [0.2, 0.25) is 0 Å². The average molecular weight is 305 g/mol. The van der Waals surface area contributed by atoms with Gasteiger partial charge in [0.05, 0.1) is 19.2 Å². The summed E-state index contributed by atoms with van der Waals surface area (Å²) in [7, 11) is 2.20. The Labute approximate surface area is 132 Å². The van der Waals surface area contributed by atoms with Crippen LogP contribution in [-0.4, -0.2) is 59.1 Å². The molecule has 3 heterocycles. The molecule has 22 heavy (non-hydrogen) atoms. The molecule has 2 aliphatic heterocycles. The molecule has 6 nitrogen and oxygen atoms in total. The van der Waals surface area contributed by atoms with Gasteiger partial charge in [-0.05, 0) is 52.2 Å². The van der Waals surface area contributed by atoms with E-state index in [-0.39, 0.29) is 0 Å². The number of rotatable bonds is 5. The van der Waals surface area contributed by atoms with Crippen molar-refractivity contribution in [2.45, 2.75) is 56.7 Å². The monoisotopic (exact) mass is 305 g/mol. The number of ether oxygens (including phenoxy) is 1. The normalized spacial score (nSPS) is 27.6. The Morgan fingerprint density at radius 2 is 2.00 bits per heavy atom. The second kappa shape index (κ2) is 6.26. The molecule has 6 heteroatoms. The zero-order chi connectivity index (χ0) is 14.9. The number of nitrogens with zero attached hydrogens (tertiary/aromatic N) is 4. The van der Waals surface area contributed by atoms with Crippen LogP contribution in [0.2, 0.25) is 0 Å². The van der Waals surface area contributed by atoms with Gasteiger partial charge in [-0.1, -0.05) is 0 Å². The Hall–Kier alpha value is -0.980. The van der Waals surface area contributed by atoms with Gasteiger partial charge in [0.15, 0.2) is 5.82 Å². The average Bonchev–Trinajstić information content (AvgIpc) is 3.02. The second-order valence-electron chi connectivity index (χ2n) is 7.08. The number of piperidine rings is 1. The lowest BCUT2D eigenvalue weighted by Gasteiger charge is -2.29. The van der Waals surface area contributed by atoms with E-state index in [9.17, 15) is 0 Å². The number of likely N-dealkylation sites (tertiary alicyclic amines) is 1. The first-order chi connectivity index (χ1) is 10.8. The van der Waals surface area contributed by atoms with Crippen LogP contribution < -0.4 is 5.32 Å². The highest BCUT2D eigenvalue weighted by atomic mass is 16.5. The Morgan fingerprint density at radius 3 is 2.68 bits per heavy atom. The molecule has 1 aromatic heterocycles. The summed E-state index contributed by atoms with van der Waals surface area (Å²) in [6.45, 7) is 4.80. The van der Waals surface area contributed by atoms with Crippen molar-refractivity contribution in [2.24, 2.45) is 0 Å². The molecule has 122 valence electrons. The van der Waals surface area contributed by atoms with Gasteiger partial charge in [0.1, 0.15) is 5.82 Å². The van der Waals surface area contributed by atoms with E-state index in [0.717, 1.165) is 50.9 Å². The lowest BCUT2D eigenvalue weighted by atomic mass is 10.1. The van der Waals surface area contributed by atoms with E-state index in [4.69, 9.17) is 14.8 Å². The van der Waals surface area contributed by atoms with E-state index < -0.39 is 0 Å². The van der Waals surface area contributed by atoms with Crippen molar-refractivity contribution in [1.82, 2.24) is 25.0 Å². The van der Waals surface area contributed by atoms with Crippen molar-refractivity contribution < 1.29 is 4.74 Å². The van der Waals surface area contributed by atoms with Gasteiger partial charge in [-0.15, -0.1) is 0 Å². The third kappa shape index (κ3) is 3.19. The van der Waals surface area contributed by atoms with E-state index in [1.54, 1.807) is 0 Å². The molecular formula is C16H27N5O. The molecule has 0 bridgehead atoms. The van der Waals surface area contributed by atoms with Gasteiger partial charge >= 0.3 is 0 Å². The first-order valence-electron chi connectivity index (χ1n) is 8.74. The van der Waals surface area contributed by atoms with Gasteiger partial charge in [-0.3, -0.25) is 0 Å². The minimum Gasteiger partial charge on any atom is -0.381 e. The Kier molecular flexibility index (Phi) is 4.15. The SMILES string of the molecule is CN1CCC(n2nc([C@H]3CCOC3)nc2CNC2CC2)CC1. The number of hydrogen-bond acceptors (Lipinski definition) is 5. The smallest absolute Gasteiger partial charge is 0.156 e. The van der Waals surface area contributed by atoms with E-state index in [1.807, 2.05) is 0 Å². The molecule has 3 fully saturated rings. The predicted octanol–water partition coefficient (Wildman–Crippen LogP) is 1.30. The summed E-state index contributed by atoms with van der Waals surface area (Å²) in [5.74, 6) is 2.53. The first kappa shape index (κ1) is 14.6. The van der Waals surface area contributed by atoms with Crippen LogP contribution >= 0.6 is 0 Å². The van der Waals surface area contributed by atoms with Crippen LogP contribution in [-0.2, 0) is 11.3 Å². The molecule has 4 rings (SSSR count). The van der Waals surface area contributed by atoms with Crippen LogP contribution in [0, 0.1) is 0 Å². The van der Waals surface area contributed by atoms with Crippen molar-refractivity contribution in [3.63, 3.8) is 0 Å². The topological polar surface area (TPSA) is 55.2 Å². The largest absolute Gasteiger partial charge is 0.381 e. The summed E-state index contributed by atoms with van der Waals surface area (Å²) in [5.41, 5.74) is 0. The van der Waals surface area contributed by atoms with Crippen LogP contribution in [0.3, 0.4) is 0 Å². The molecule has 1 aliphatic carbocycles. The maximum Gasteiger partial charge on any atom is 0.156 e. The fourth-order valence-electron chi connectivity index (χ4n) is 3.46. The van der Waals surface area contributed by atoms with Crippen molar-refractivity contribution in [1.29, 1.82) is 0 Å². The molecule has 1 aromatic rings. The zero-order valence-electron chi connectivity index (χ0n) is 13.5. The fourth-order valence-corrected chi connectivity index (χ4v) is 3.46. The van der Waals surface area contributed by atoms with Gasteiger partial charge in [-0.25, -0.2) is 9.67 Å². The Bertz CT molecular complexity index is 499. The minimum atomic E-state index is 0.396. The molecule has 0 unspecified atom stereocenters.